The predicted octanol–water partition coefficient (Wildman–Crippen LogP) is 3.38. The van der Waals surface area contributed by atoms with Gasteiger partial charge in [0.15, 0.2) is 5.11 Å². The van der Waals surface area contributed by atoms with Gasteiger partial charge in [-0.1, -0.05) is 31.9 Å². The van der Waals surface area contributed by atoms with E-state index in [-0.39, 0.29) is 24.0 Å². The SMILES string of the molecule is CNC(=S)NC[C@H]1C2=C(CC[C@@H]1[C@@]1(C)CC[C@H](O)C[C@@H]1CO)C(C)(C)CC2. The second-order valence-corrected chi connectivity index (χ2v) is 10.3. The lowest BCUT2D eigenvalue weighted by Crippen LogP contribution is -2.50. The Balaban J connectivity index is 1.92. The molecule has 0 heterocycles. The number of aliphatic hydroxyl groups is 2. The van der Waals surface area contributed by atoms with E-state index in [0.29, 0.717) is 22.4 Å². The van der Waals surface area contributed by atoms with Gasteiger partial charge < -0.3 is 20.8 Å². The van der Waals surface area contributed by atoms with E-state index in [4.69, 9.17) is 12.2 Å². The molecule has 0 saturated heterocycles. The Hall–Kier alpha value is -0.650. The highest BCUT2D eigenvalue weighted by Crippen LogP contribution is 2.59. The normalized spacial score (nSPS) is 38.4. The average molecular weight is 395 g/mol. The molecular weight excluding hydrogens is 356 g/mol. The highest BCUT2D eigenvalue weighted by molar-refractivity contribution is 7.80. The van der Waals surface area contributed by atoms with Gasteiger partial charge in [-0.15, -0.1) is 0 Å². The first kappa shape index (κ1) is 21.1. The van der Waals surface area contributed by atoms with Crippen molar-refractivity contribution in [3.8, 4) is 0 Å². The third kappa shape index (κ3) is 3.92. The maximum atomic E-state index is 10.2. The van der Waals surface area contributed by atoms with Crippen LogP contribution in [0.25, 0.3) is 0 Å². The third-order valence-electron chi connectivity index (χ3n) is 8.15. The molecule has 0 unspecified atom stereocenters. The number of hydrogen-bond donors (Lipinski definition) is 4. The maximum Gasteiger partial charge on any atom is 0.166 e. The Kier molecular flexibility index (Phi) is 6.24. The Morgan fingerprint density at radius 1 is 1.19 bits per heavy atom. The molecule has 3 aliphatic rings. The Morgan fingerprint density at radius 3 is 2.59 bits per heavy atom. The van der Waals surface area contributed by atoms with Crippen molar-refractivity contribution in [1.82, 2.24) is 10.6 Å². The number of rotatable bonds is 4. The lowest BCUT2D eigenvalue weighted by Gasteiger charge is -2.52. The van der Waals surface area contributed by atoms with Crippen LogP contribution >= 0.6 is 12.2 Å². The van der Waals surface area contributed by atoms with Crippen LogP contribution in [0.2, 0.25) is 0 Å². The Morgan fingerprint density at radius 2 is 1.93 bits per heavy atom. The molecule has 3 rings (SSSR count). The third-order valence-corrected chi connectivity index (χ3v) is 8.49. The molecule has 0 aromatic heterocycles. The summed E-state index contributed by atoms with van der Waals surface area (Å²) in [5.41, 5.74) is 3.74. The molecular formula is C22H38N2O2S. The van der Waals surface area contributed by atoms with Gasteiger partial charge in [0.25, 0.3) is 0 Å². The van der Waals surface area contributed by atoms with Crippen LogP contribution in [0.15, 0.2) is 11.1 Å². The molecule has 5 atom stereocenters. The molecule has 0 aliphatic heterocycles. The second-order valence-electron chi connectivity index (χ2n) is 9.91. The summed E-state index contributed by atoms with van der Waals surface area (Å²) in [5, 5.41) is 27.5. The molecule has 4 N–H and O–H groups in total. The predicted molar refractivity (Wildman–Crippen MR) is 114 cm³/mol. The number of hydrogen-bond acceptors (Lipinski definition) is 3. The van der Waals surface area contributed by atoms with E-state index in [2.05, 4.69) is 31.4 Å². The molecule has 0 aromatic rings. The maximum absolute atomic E-state index is 10.2. The minimum absolute atomic E-state index is 0.0762. The summed E-state index contributed by atoms with van der Waals surface area (Å²) in [6.07, 6.45) is 7.15. The van der Waals surface area contributed by atoms with Gasteiger partial charge >= 0.3 is 0 Å². The van der Waals surface area contributed by atoms with E-state index in [0.717, 1.165) is 25.8 Å². The average Bonchev–Trinajstić information content (AvgIpc) is 2.96. The fourth-order valence-corrected chi connectivity index (χ4v) is 6.43. The van der Waals surface area contributed by atoms with Crippen LogP contribution in [0.5, 0.6) is 0 Å². The fourth-order valence-electron chi connectivity index (χ4n) is 6.35. The molecule has 0 radical (unpaired) electrons. The van der Waals surface area contributed by atoms with Crippen LogP contribution in [0.1, 0.15) is 65.7 Å². The monoisotopic (exact) mass is 394 g/mol. The Labute approximate surface area is 170 Å². The first-order chi connectivity index (χ1) is 12.7. The molecule has 1 saturated carbocycles. The van der Waals surface area contributed by atoms with Gasteiger partial charge in [-0.25, -0.2) is 0 Å². The summed E-state index contributed by atoms with van der Waals surface area (Å²) in [6, 6.07) is 0. The van der Waals surface area contributed by atoms with Crippen molar-refractivity contribution in [3.05, 3.63) is 11.1 Å². The molecule has 0 amide bonds. The van der Waals surface area contributed by atoms with Crippen molar-refractivity contribution in [2.45, 2.75) is 71.8 Å². The fraction of sp³-hybridized carbons (Fsp3) is 0.864. The van der Waals surface area contributed by atoms with Gasteiger partial charge in [-0.05, 0) is 79.8 Å². The van der Waals surface area contributed by atoms with Gasteiger partial charge in [0.1, 0.15) is 0 Å². The van der Waals surface area contributed by atoms with E-state index in [1.165, 1.54) is 25.7 Å². The van der Waals surface area contributed by atoms with Gasteiger partial charge in [0.05, 0.1) is 6.10 Å². The summed E-state index contributed by atoms with van der Waals surface area (Å²) in [4.78, 5) is 0. The number of aliphatic hydroxyl groups excluding tert-OH is 2. The van der Waals surface area contributed by atoms with Gasteiger partial charge in [0, 0.05) is 26.1 Å². The standard InChI is InChI=1S/C22H38N2O2S/c1-21(2)9-8-16-17(12-24-20(27)23-4)19(6-5-18(16)21)22(3)10-7-15(26)11-14(22)13-25/h14-15,17,19,25-26H,5-13H2,1-4H3,(H2,23,24,27)/t14-,15+,17+,19+,22+/m1/s1. The lowest BCUT2D eigenvalue weighted by atomic mass is 9.53. The van der Waals surface area contributed by atoms with Crippen molar-refractivity contribution in [1.29, 1.82) is 0 Å². The first-order valence-electron chi connectivity index (χ1n) is 10.7. The van der Waals surface area contributed by atoms with Crippen LogP contribution in [0, 0.1) is 28.6 Å². The van der Waals surface area contributed by atoms with Crippen LogP contribution in [0.4, 0.5) is 0 Å². The van der Waals surface area contributed by atoms with Crippen molar-refractivity contribution in [2.24, 2.45) is 28.6 Å². The largest absolute Gasteiger partial charge is 0.396 e. The molecule has 3 aliphatic carbocycles. The highest BCUT2D eigenvalue weighted by atomic mass is 32.1. The van der Waals surface area contributed by atoms with E-state index in [1.54, 1.807) is 11.1 Å². The molecule has 0 aromatic carbocycles. The Bertz CT molecular complexity index is 603. The summed E-state index contributed by atoms with van der Waals surface area (Å²) in [6.45, 7) is 8.22. The molecule has 154 valence electrons. The van der Waals surface area contributed by atoms with Crippen LogP contribution in [-0.2, 0) is 0 Å². The molecule has 0 bridgehead atoms. The van der Waals surface area contributed by atoms with Crippen molar-refractivity contribution in [3.63, 3.8) is 0 Å². The highest BCUT2D eigenvalue weighted by Gasteiger charge is 2.51. The minimum Gasteiger partial charge on any atom is -0.396 e. The smallest absolute Gasteiger partial charge is 0.166 e. The van der Waals surface area contributed by atoms with Gasteiger partial charge in [-0.3, -0.25) is 0 Å². The van der Waals surface area contributed by atoms with Crippen molar-refractivity contribution >= 4 is 17.3 Å². The molecule has 4 nitrogen and oxygen atoms in total. The number of thiocarbonyl (C=S) groups is 1. The van der Waals surface area contributed by atoms with Gasteiger partial charge in [0.2, 0.25) is 0 Å². The van der Waals surface area contributed by atoms with Crippen LogP contribution in [-0.4, -0.2) is 41.6 Å². The zero-order valence-electron chi connectivity index (χ0n) is 17.5. The van der Waals surface area contributed by atoms with Crippen molar-refractivity contribution < 1.29 is 10.2 Å². The summed E-state index contributed by atoms with van der Waals surface area (Å²) in [5.74, 6) is 1.18. The topological polar surface area (TPSA) is 64.5 Å². The van der Waals surface area contributed by atoms with Crippen LogP contribution < -0.4 is 10.6 Å². The zero-order valence-corrected chi connectivity index (χ0v) is 18.3. The van der Waals surface area contributed by atoms with E-state index in [1.807, 2.05) is 7.05 Å². The van der Waals surface area contributed by atoms with Crippen molar-refractivity contribution in [2.75, 3.05) is 20.2 Å². The zero-order chi connectivity index (χ0) is 19.8. The van der Waals surface area contributed by atoms with Gasteiger partial charge in [-0.2, -0.15) is 0 Å². The first-order valence-corrected chi connectivity index (χ1v) is 11.1. The van der Waals surface area contributed by atoms with E-state index >= 15 is 0 Å². The molecule has 5 heteroatoms. The van der Waals surface area contributed by atoms with Crippen LogP contribution in [0.3, 0.4) is 0 Å². The summed E-state index contributed by atoms with van der Waals surface area (Å²) >= 11 is 5.36. The summed E-state index contributed by atoms with van der Waals surface area (Å²) in [7, 11) is 1.86. The lowest BCUT2D eigenvalue weighted by molar-refractivity contribution is -0.0579. The molecule has 27 heavy (non-hydrogen) atoms. The number of allylic oxidation sites excluding steroid dienone is 1. The number of nitrogens with one attached hydrogen (secondary N) is 2. The minimum atomic E-state index is -0.257. The second kappa shape index (κ2) is 8.00. The molecule has 1 fully saturated rings. The van der Waals surface area contributed by atoms with E-state index in [9.17, 15) is 10.2 Å². The quantitative estimate of drug-likeness (QED) is 0.435. The molecule has 0 spiro atoms. The summed E-state index contributed by atoms with van der Waals surface area (Å²) < 4.78 is 0. The van der Waals surface area contributed by atoms with E-state index < -0.39 is 0 Å².